The highest BCUT2D eigenvalue weighted by Gasteiger charge is 2.21. The van der Waals surface area contributed by atoms with Crippen molar-refractivity contribution in [1.82, 2.24) is 4.72 Å². The van der Waals surface area contributed by atoms with Crippen molar-refractivity contribution in [3.05, 3.63) is 28.2 Å². The zero-order valence-electron chi connectivity index (χ0n) is 11.5. The lowest BCUT2D eigenvalue weighted by Crippen LogP contribution is -2.33. The van der Waals surface area contributed by atoms with Crippen LogP contribution in [-0.2, 0) is 20.8 Å². The Morgan fingerprint density at radius 2 is 2.10 bits per heavy atom. The Morgan fingerprint density at radius 1 is 1.48 bits per heavy atom. The summed E-state index contributed by atoms with van der Waals surface area (Å²) in [5.74, 6) is -0.727. The Kier molecular flexibility index (Phi) is 6.51. The molecule has 0 aliphatic rings. The third-order valence-corrected chi connectivity index (χ3v) is 6.04. The van der Waals surface area contributed by atoms with Crippen LogP contribution in [0.25, 0.3) is 0 Å². The molecule has 9 heteroatoms. The van der Waals surface area contributed by atoms with Crippen LogP contribution in [0.4, 0.5) is 0 Å². The van der Waals surface area contributed by atoms with E-state index in [1.807, 2.05) is 0 Å². The minimum absolute atomic E-state index is 0.00440. The van der Waals surface area contributed by atoms with Crippen LogP contribution in [0.2, 0.25) is 0 Å². The summed E-state index contributed by atoms with van der Waals surface area (Å²) in [6.45, 7) is 1.68. The predicted molar refractivity (Wildman–Crippen MR) is 84.4 cm³/mol. The van der Waals surface area contributed by atoms with E-state index in [0.29, 0.717) is 12.2 Å². The molecule has 1 aromatic carbocycles. The lowest BCUT2D eigenvalue weighted by molar-refractivity contribution is 0.0696. The summed E-state index contributed by atoms with van der Waals surface area (Å²) in [5.41, 5.74) is -0.00440. The van der Waals surface area contributed by atoms with Gasteiger partial charge in [-0.2, -0.15) is 0 Å². The number of carboxylic acids is 1. The van der Waals surface area contributed by atoms with Crippen LogP contribution < -0.4 is 4.72 Å². The van der Waals surface area contributed by atoms with Crippen LogP contribution in [0.15, 0.2) is 27.6 Å². The monoisotopic (exact) mass is 397 g/mol. The van der Waals surface area contributed by atoms with Gasteiger partial charge in [0.25, 0.3) is 0 Å². The van der Waals surface area contributed by atoms with Crippen LogP contribution in [0.3, 0.4) is 0 Å². The van der Waals surface area contributed by atoms with Gasteiger partial charge in [0.1, 0.15) is 0 Å². The fourth-order valence-electron chi connectivity index (χ4n) is 1.58. The third-order valence-electron chi connectivity index (χ3n) is 2.66. The molecule has 0 saturated carbocycles. The van der Waals surface area contributed by atoms with Gasteiger partial charge in [-0.25, -0.2) is 17.9 Å². The van der Waals surface area contributed by atoms with Gasteiger partial charge in [0.2, 0.25) is 10.0 Å². The molecule has 0 spiro atoms. The first-order chi connectivity index (χ1) is 9.63. The molecule has 1 aromatic rings. The van der Waals surface area contributed by atoms with Gasteiger partial charge in [0, 0.05) is 33.3 Å². The summed E-state index contributed by atoms with van der Waals surface area (Å²) < 4.78 is 38.1. The van der Waals surface area contributed by atoms with Crippen molar-refractivity contribution in [3.63, 3.8) is 0 Å². The molecule has 0 amide bonds. The summed E-state index contributed by atoms with van der Waals surface area (Å²) in [4.78, 5) is 10.8. The molecule has 0 bridgehead atoms. The Labute approximate surface area is 134 Å². The van der Waals surface area contributed by atoms with E-state index in [1.165, 1.54) is 18.2 Å². The zero-order chi connectivity index (χ0) is 16.2. The van der Waals surface area contributed by atoms with Gasteiger partial charge >= 0.3 is 5.97 Å². The number of nitrogens with one attached hydrogen (secondary N) is 1. The van der Waals surface area contributed by atoms with E-state index < -0.39 is 26.8 Å². The van der Waals surface area contributed by atoms with Gasteiger partial charge in [-0.15, -0.1) is 0 Å². The normalized spacial score (nSPS) is 14.6. The summed E-state index contributed by atoms with van der Waals surface area (Å²) in [5, 5.41) is 8.86. The van der Waals surface area contributed by atoms with Crippen molar-refractivity contribution >= 4 is 42.7 Å². The summed E-state index contributed by atoms with van der Waals surface area (Å²) in [7, 11) is -4.75. The standard InChI is InChI=1S/C12H16BrNO5S2/c1-8(5-6-20(2)17)14-21(18,19)11-4-3-9(12(15)16)7-10(11)13/h3-4,7-8,14H,5-6H2,1-2H3,(H,15,16). The molecule has 2 unspecified atom stereocenters. The molecule has 0 fully saturated rings. The van der Waals surface area contributed by atoms with Crippen molar-refractivity contribution in [1.29, 1.82) is 0 Å². The second-order valence-corrected chi connectivity index (χ2v) is 8.63. The van der Waals surface area contributed by atoms with Gasteiger partial charge in [-0.05, 0) is 47.5 Å². The first-order valence-corrected chi connectivity index (χ1v) is 9.99. The molecule has 2 atom stereocenters. The van der Waals surface area contributed by atoms with Crippen LogP contribution >= 0.6 is 15.9 Å². The molecule has 21 heavy (non-hydrogen) atoms. The Bertz CT molecular complexity index is 660. The maximum absolute atomic E-state index is 12.2. The van der Waals surface area contributed by atoms with Crippen LogP contribution in [0.5, 0.6) is 0 Å². The Balaban J connectivity index is 2.93. The highest BCUT2D eigenvalue weighted by molar-refractivity contribution is 9.10. The first-order valence-electron chi connectivity index (χ1n) is 5.98. The van der Waals surface area contributed by atoms with Gasteiger partial charge in [0.15, 0.2) is 0 Å². The highest BCUT2D eigenvalue weighted by Crippen LogP contribution is 2.23. The van der Waals surface area contributed by atoms with E-state index in [4.69, 9.17) is 5.11 Å². The molecule has 118 valence electrons. The number of carbonyl (C=O) groups is 1. The second-order valence-electron chi connectivity index (χ2n) is 4.54. The van der Waals surface area contributed by atoms with Crippen LogP contribution in [0, 0.1) is 0 Å². The Morgan fingerprint density at radius 3 is 2.57 bits per heavy atom. The molecule has 0 aromatic heterocycles. The van der Waals surface area contributed by atoms with Crippen molar-refractivity contribution < 1.29 is 22.5 Å². The van der Waals surface area contributed by atoms with Gasteiger partial charge < -0.3 is 5.11 Å². The summed E-state index contributed by atoms with van der Waals surface area (Å²) in [6.07, 6.45) is 2.01. The van der Waals surface area contributed by atoms with Gasteiger partial charge in [-0.1, -0.05) is 0 Å². The van der Waals surface area contributed by atoms with E-state index >= 15 is 0 Å². The summed E-state index contributed by atoms with van der Waals surface area (Å²) in [6, 6.07) is 3.33. The predicted octanol–water partition coefficient (Wildman–Crippen LogP) is 1.58. The molecular weight excluding hydrogens is 382 g/mol. The van der Waals surface area contributed by atoms with Crippen molar-refractivity contribution in [3.8, 4) is 0 Å². The number of hydrogen-bond donors (Lipinski definition) is 2. The number of sulfonamides is 1. The molecule has 1 rings (SSSR count). The van der Waals surface area contributed by atoms with E-state index in [-0.39, 0.29) is 21.0 Å². The average molecular weight is 398 g/mol. The van der Waals surface area contributed by atoms with E-state index in [2.05, 4.69) is 20.7 Å². The molecular formula is C12H16BrNO5S2. The van der Waals surface area contributed by atoms with Crippen LogP contribution in [0.1, 0.15) is 23.7 Å². The fraction of sp³-hybridized carbons (Fsp3) is 0.417. The number of carboxylic acid groups (broad SMARTS) is 1. The lowest BCUT2D eigenvalue weighted by atomic mass is 10.2. The fourth-order valence-corrected chi connectivity index (χ4v) is 4.62. The maximum Gasteiger partial charge on any atom is 0.335 e. The summed E-state index contributed by atoms with van der Waals surface area (Å²) >= 11 is 3.07. The largest absolute Gasteiger partial charge is 0.478 e. The zero-order valence-corrected chi connectivity index (χ0v) is 14.7. The minimum atomic E-state index is -3.77. The molecule has 6 nitrogen and oxygen atoms in total. The molecule has 0 aliphatic carbocycles. The number of hydrogen-bond acceptors (Lipinski definition) is 4. The van der Waals surface area contributed by atoms with Gasteiger partial charge in [0.05, 0.1) is 10.5 Å². The minimum Gasteiger partial charge on any atom is -0.478 e. The van der Waals surface area contributed by atoms with Crippen molar-refractivity contribution in [2.45, 2.75) is 24.3 Å². The van der Waals surface area contributed by atoms with Crippen LogP contribution in [-0.4, -0.2) is 41.8 Å². The Hall–Kier alpha value is -0.770. The second kappa shape index (κ2) is 7.48. The first kappa shape index (κ1) is 18.3. The number of rotatable bonds is 7. The number of halogens is 1. The van der Waals surface area contributed by atoms with E-state index in [1.54, 1.807) is 13.2 Å². The van der Waals surface area contributed by atoms with Crippen molar-refractivity contribution in [2.24, 2.45) is 0 Å². The third kappa shape index (κ3) is 5.50. The van der Waals surface area contributed by atoms with E-state index in [9.17, 15) is 17.4 Å². The topological polar surface area (TPSA) is 101 Å². The smallest absolute Gasteiger partial charge is 0.335 e. The average Bonchev–Trinajstić information content (AvgIpc) is 2.35. The molecule has 0 radical (unpaired) electrons. The molecule has 0 heterocycles. The number of benzene rings is 1. The maximum atomic E-state index is 12.2. The van der Waals surface area contributed by atoms with E-state index in [0.717, 1.165) is 0 Å². The van der Waals surface area contributed by atoms with Gasteiger partial charge in [-0.3, -0.25) is 4.21 Å². The van der Waals surface area contributed by atoms with Crippen molar-refractivity contribution in [2.75, 3.05) is 12.0 Å². The number of aromatic carboxylic acids is 1. The highest BCUT2D eigenvalue weighted by atomic mass is 79.9. The lowest BCUT2D eigenvalue weighted by Gasteiger charge is -2.14. The quantitative estimate of drug-likeness (QED) is 0.727. The molecule has 0 saturated heterocycles. The molecule has 2 N–H and O–H groups in total. The molecule has 0 aliphatic heterocycles. The SMILES string of the molecule is CC(CCS(C)=O)NS(=O)(=O)c1ccc(C(=O)O)cc1Br.